The van der Waals surface area contributed by atoms with Gasteiger partial charge in [-0.1, -0.05) is 44.2 Å². The Morgan fingerprint density at radius 1 is 1.10 bits per heavy atom. The van der Waals surface area contributed by atoms with Crippen LogP contribution in [0.5, 0.6) is 0 Å². The minimum absolute atomic E-state index is 0.0293. The smallest absolute Gasteiger partial charge is 0.409 e. The minimum Gasteiger partial charge on any atom is -0.480 e. The Hall–Kier alpha value is -2.38. The highest BCUT2D eigenvalue weighted by Gasteiger charge is 2.29. The molecule has 0 saturated carbocycles. The van der Waals surface area contributed by atoms with Gasteiger partial charge in [0.25, 0.3) is 0 Å². The van der Waals surface area contributed by atoms with Gasteiger partial charge < -0.3 is 24.5 Å². The van der Waals surface area contributed by atoms with E-state index in [-0.39, 0.29) is 18.7 Å². The number of amides is 2. The average molecular weight is 442 g/mol. The van der Waals surface area contributed by atoms with Crippen LogP contribution in [0.4, 0.5) is 4.79 Å². The highest BCUT2D eigenvalue weighted by molar-refractivity contribution is 7.45. The molecule has 3 N–H and O–H groups in total. The Kier molecular flexibility index (Phi) is 11.1. The number of methoxy groups -OCH3 is 1. The molecule has 0 bridgehead atoms. The number of carbonyl (C=O) groups is 3. The summed E-state index contributed by atoms with van der Waals surface area (Å²) in [6.45, 7) is 5.23. The highest BCUT2D eigenvalue weighted by atomic mass is 31.1. The second-order valence-electron chi connectivity index (χ2n) is 7.39. The third-order valence-corrected chi connectivity index (χ3v) is 6.15. The van der Waals surface area contributed by atoms with E-state index in [1.54, 1.807) is 12.1 Å². The molecule has 30 heavy (non-hydrogen) atoms. The summed E-state index contributed by atoms with van der Waals surface area (Å²) in [6.07, 6.45) is -0.393. The summed E-state index contributed by atoms with van der Waals surface area (Å²) in [5.41, 5.74) is 0.801. The number of nitrogens with one attached hydrogen (secondary N) is 2. The van der Waals surface area contributed by atoms with Gasteiger partial charge in [-0.2, -0.15) is 0 Å². The van der Waals surface area contributed by atoms with Crippen LogP contribution in [-0.4, -0.2) is 48.4 Å². The number of alkyl carbamates (subject to hydrolysis) is 1. The van der Waals surface area contributed by atoms with Crippen LogP contribution in [0.25, 0.3) is 0 Å². The molecule has 0 aromatic heterocycles. The molecule has 4 atom stereocenters. The van der Waals surface area contributed by atoms with Crippen LogP contribution >= 0.6 is 7.80 Å². The number of rotatable bonds is 12. The molecule has 0 aliphatic heterocycles. The second-order valence-corrected chi connectivity index (χ2v) is 9.25. The van der Waals surface area contributed by atoms with Crippen molar-refractivity contribution in [2.75, 3.05) is 13.3 Å². The molecular weight excluding hydrogens is 411 g/mol. The Labute approximate surface area is 177 Å². The number of carboxylic acid groups (broad SMARTS) is 1. The monoisotopic (exact) mass is 442 g/mol. The van der Waals surface area contributed by atoms with Gasteiger partial charge in [0.15, 0.2) is 5.97 Å². The fourth-order valence-electron chi connectivity index (χ4n) is 2.74. The molecule has 0 aliphatic carbocycles. The lowest BCUT2D eigenvalue weighted by molar-refractivity contribution is -0.141. The van der Waals surface area contributed by atoms with Gasteiger partial charge in [-0.15, -0.1) is 0 Å². The third kappa shape index (κ3) is 9.41. The zero-order chi connectivity index (χ0) is 22.7. The lowest BCUT2D eigenvalue weighted by Gasteiger charge is -2.23. The van der Waals surface area contributed by atoms with E-state index in [1.807, 2.05) is 32.0 Å². The zero-order valence-corrected chi connectivity index (χ0v) is 18.7. The minimum atomic E-state index is -2.59. The van der Waals surface area contributed by atoms with Gasteiger partial charge in [0.1, 0.15) is 20.4 Å². The summed E-state index contributed by atoms with van der Waals surface area (Å²) in [6, 6.07) is 8.03. The fourth-order valence-corrected chi connectivity index (χ4v) is 4.33. The molecule has 168 valence electrons. The number of hydrogen-bond acceptors (Lipinski definition) is 6. The van der Waals surface area contributed by atoms with Crippen molar-refractivity contribution in [3.63, 3.8) is 0 Å². The lowest BCUT2D eigenvalue weighted by Crippen LogP contribution is -2.43. The number of benzene rings is 1. The average Bonchev–Trinajstić information content (AvgIpc) is 2.70. The van der Waals surface area contributed by atoms with E-state index in [9.17, 15) is 18.9 Å². The van der Waals surface area contributed by atoms with Gasteiger partial charge in [0, 0.05) is 19.2 Å². The van der Waals surface area contributed by atoms with E-state index < -0.39 is 43.7 Å². The van der Waals surface area contributed by atoms with Crippen molar-refractivity contribution in [1.29, 1.82) is 0 Å². The molecule has 0 aliphatic rings. The third-order valence-electron chi connectivity index (χ3n) is 4.29. The van der Waals surface area contributed by atoms with Crippen LogP contribution < -0.4 is 10.6 Å². The standard InChI is InChI=1S/C20H31N2O7P/c1-13(2)10-16(17(23)21-14(3)18(24)25)12-30(27)20(28-4)22-19(26)29-11-15-8-6-5-7-9-15/h5-9,13-14,16,20,30H,10-12H2,1-4H3,(H,21,23)(H,22,26)(H,24,25)/t14-,16?,20?/m0/s1. The largest absolute Gasteiger partial charge is 0.480 e. The van der Waals surface area contributed by atoms with Gasteiger partial charge in [-0.3, -0.25) is 14.9 Å². The maximum Gasteiger partial charge on any atom is 0.409 e. The summed E-state index contributed by atoms with van der Waals surface area (Å²) in [5.74, 6) is -3.29. The normalized spacial score (nSPS) is 15.0. The van der Waals surface area contributed by atoms with Crippen LogP contribution in [0.2, 0.25) is 0 Å². The number of aliphatic carboxylic acids is 1. The molecule has 0 heterocycles. The molecule has 2 amide bonds. The first kappa shape index (κ1) is 25.7. The number of ether oxygens (including phenoxy) is 2. The van der Waals surface area contributed by atoms with E-state index in [1.165, 1.54) is 14.0 Å². The van der Waals surface area contributed by atoms with Crippen LogP contribution in [0.1, 0.15) is 32.8 Å². The van der Waals surface area contributed by atoms with E-state index in [0.717, 1.165) is 5.56 Å². The molecule has 0 spiro atoms. The summed E-state index contributed by atoms with van der Waals surface area (Å²) >= 11 is 0. The van der Waals surface area contributed by atoms with Crippen LogP contribution in [0.3, 0.4) is 0 Å². The van der Waals surface area contributed by atoms with Crippen molar-refractivity contribution >= 4 is 25.8 Å². The van der Waals surface area contributed by atoms with Crippen molar-refractivity contribution in [2.24, 2.45) is 11.8 Å². The molecular formula is C20H31N2O7P. The van der Waals surface area contributed by atoms with E-state index in [0.29, 0.717) is 6.42 Å². The van der Waals surface area contributed by atoms with Gasteiger partial charge in [0.2, 0.25) is 5.91 Å². The van der Waals surface area contributed by atoms with E-state index in [4.69, 9.17) is 14.6 Å². The predicted octanol–water partition coefficient (Wildman–Crippen LogP) is 2.65. The van der Waals surface area contributed by atoms with Gasteiger partial charge >= 0.3 is 12.1 Å². The van der Waals surface area contributed by atoms with Crippen molar-refractivity contribution in [1.82, 2.24) is 10.6 Å². The molecule has 0 radical (unpaired) electrons. The van der Waals surface area contributed by atoms with E-state index >= 15 is 0 Å². The van der Waals surface area contributed by atoms with Gasteiger partial charge in [-0.25, -0.2) is 4.79 Å². The van der Waals surface area contributed by atoms with E-state index in [2.05, 4.69) is 10.6 Å². The molecule has 9 nitrogen and oxygen atoms in total. The van der Waals surface area contributed by atoms with Crippen molar-refractivity contribution in [3.05, 3.63) is 35.9 Å². The second kappa shape index (κ2) is 13.0. The Balaban J connectivity index is 2.68. The van der Waals surface area contributed by atoms with Crippen LogP contribution in [0, 0.1) is 11.8 Å². The Morgan fingerprint density at radius 3 is 2.27 bits per heavy atom. The predicted molar refractivity (Wildman–Crippen MR) is 113 cm³/mol. The van der Waals surface area contributed by atoms with Gasteiger partial charge in [-0.05, 0) is 24.8 Å². The topological polar surface area (TPSA) is 131 Å². The molecule has 10 heteroatoms. The maximum atomic E-state index is 12.8. The summed E-state index contributed by atoms with van der Waals surface area (Å²) in [7, 11) is -1.29. The molecule has 3 unspecified atom stereocenters. The molecule has 1 aromatic rings. The van der Waals surface area contributed by atoms with Crippen molar-refractivity contribution < 1.29 is 33.5 Å². The summed E-state index contributed by atoms with van der Waals surface area (Å²) in [4.78, 5) is 35.5. The molecule has 1 rings (SSSR count). The maximum absolute atomic E-state index is 12.8. The molecule has 0 fully saturated rings. The van der Waals surface area contributed by atoms with Gasteiger partial charge in [0.05, 0.1) is 0 Å². The first-order chi connectivity index (χ1) is 14.1. The van der Waals surface area contributed by atoms with Crippen LogP contribution in [-0.2, 0) is 30.2 Å². The van der Waals surface area contributed by atoms with Crippen molar-refractivity contribution in [2.45, 2.75) is 45.8 Å². The number of carbonyl (C=O) groups excluding carboxylic acids is 2. The Morgan fingerprint density at radius 2 is 1.73 bits per heavy atom. The van der Waals surface area contributed by atoms with Crippen LogP contribution in [0.15, 0.2) is 30.3 Å². The molecule has 0 saturated heterocycles. The SMILES string of the molecule is COC(NC(=O)OCc1ccccc1)[PH](=O)CC(CC(C)C)C(=O)N[C@@H](C)C(=O)O. The lowest BCUT2D eigenvalue weighted by atomic mass is 9.98. The highest BCUT2D eigenvalue weighted by Crippen LogP contribution is 2.32. The first-order valence-electron chi connectivity index (χ1n) is 9.69. The Bertz CT molecular complexity index is 727. The quantitative estimate of drug-likeness (QED) is 0.335. The zero-order valence-electron chi connectivity index (χ0n) is 17.7. The summed E-state index contributed by atoms with van der Waals surface area (Å²) in [5, 5.41) is 13.8. The number of hydrogen-bond donors (Lipinski definition) is 3. The number of carboxylic acids is 1. The molecule has 1 aromatic carbocycles. The fraction of sp³-hybridized carbons (Fsp3) is 0.550. The summed E-state index contributed by atoms with van der Waals surface area (Å²) < 4.78 is 23.0. The van der Waals surface area contributed by atoms with Crippen molar-refractivity contribution in [3.8, 4) is 0 Å². The first-order valence-corrected chi connectivity index (χ1v) is 11.4.